The van der Waals surface area contributed by atoms with Gasteiger partial charge in [-0.15, -0.1) is 0 Å². The van der Waals surface area contributed by atoms with Crippen molar-refractivity contribution >= 4 is 29.1 Å². The van der Waals surface area contributed by atoms with Crippen LogP contribution in [0.5, 0.6) is 0 Å². The molecule has 5 heteroatoms. The molecular weight excluding hydrogens is 307 g/mol. The Labute approximate surface area is 134 Å². The van der Waals surface area contributed by atoms with Crippen LogP contribution in [0.15, 0.2) is 36.7 Å². The first-order chi connectivity index (χ1) is 10.0. The number of nitrogens with one attached hydrogen (secondary N) is 1. The van der Waals surface area contributed by atoms with Gasteiger partial charge in [-0.25, -0.2) is 0 Å². The summed E-state index contributed by atoms with van der Waals surface area (Å²) in [5, 5.41) is 3.85. The molecule has 2 aromatic rings. The van der Waals surface area contributed by atoms with Gasteiger partial charge >= 0.3 is 0 Å². The maximum Gasteiger partial charge on any atom is 0.253 e. The lowest BCUT2D eigenvalue weighted by molar-refractivity contribution is 0.0939. The molecule has 0 bridgehead atoms. The zero-order valence-electron chi connectivity index (χ0n) is 11.9. The minimum absolute atomic E-state index is 0.121. The normalized spacial score (nSPS) is 12.0. The van der Waals surface area contributed by atoms with E-state index in [0.29, 0.717) is 15.6 Å². The fourth-order valence-corrected chi connectivity index (χ4v) is 2.26. The van der Waals surface area contributed by atoms with Crippen molar-refractivity contribution in [3.05, 3.63) is 52.3 Å². The van der Waals surface area contributed by atoms with Gasteiger partial charge in [0.2, 0.25) is 0 Å². The van der Waals surface area contributed by atoms with Gasteiger partial charge in [0.05, 0.1) is 15.6 Å². The molecule has 0 radical (unpaired) electrons. The third-order valence-corrected chi connectivity index (χ3v) is 4.07. The van der Waals surface area contributed by atoms with Crippen LogP contribution in [0.4, 0.5) is 0 Å². The molecular formula is C16H16Cl2N2O. The monoisotopic (exact) mass is 322 g/mol. The molecule has 21 heavy (non-hydrogen) atoms. The van der Waals surface area contributed by atoms with Gasteiger partial charge in [-0.1, -0.05) is 42.3 Å². The van der Waals surface area contributed by atoms with Gasteiger partial charge in [-0.2, -0.15) is 0 Å². The van der Waals surface area contributed by atoms with Crippen LogP contribution in [0.3, 0.4) is 0 Å². The molecule has 1 N–H and O–H groups in total. The summed E-state index contributed by atoms with van der Waals surface area (Å²) in [6.45, 7) is 3.98. The standard InChI is InChI=1S/C16H16Cl2N2O/c1-3-10(2)20-16(21)12-7-11(8-19-9-12)13-5-4-6-14(17)15(13)18/h4-10H,3H2,1-2H3,(H,20,21)/t10-/m0/s1. The predicted octanol–water partition coefficient (Wildman–Crippen LogP) is 4.58. The molecule has 0 aliphatic rings. The van der Waals surface area contributed by atoms with E-state index in [1.54, 1.807) is 24.5 Å². The number of benzene rings is 1. The molecule has 0 saturated heterocycles. The van der Waals surface area contributed by atoms with E-state index in [9.17, 15) is 4.79 Å². The lowest BCUT2D eigenvalue weighted by atomic mass is 10.1. The molecule has 2 rings (SSSR count). The number of carbonyl (C=O) groups is 1. The first kappa shape index (κ1) is 15.8. The number of amides is 1. The third-order valence-electron chi connectivity index (χ3n) is 3.25. The number of pyridine rings is 1. The molecule has 1 aromatic carbocycles. The van der Waals surface area contributed by atoms with Crippen LogP contribution in [0.2, 0.25) is 10.0 Å². The molecule has 0 saturated carbocycles. The Morgan fingerprint density at radius 2 is 2.10 bits per heavy atom. The minimum Gasteiger partial charge on any atom is -0.350 e. The first-order valence-electron chi connectivity index (χ1n) is 6.73. The summed E-state index contributed by atoms with van der Waals surface area (Å²) in [5.41, 5.74) is 2.03. The Hall–Kier alpha value is -1.58. The van der Waals surface area contributed by atoms with E-state index >= 15 is 0 Å². The molecule has 1 atom stereocenters. The van der Waals surface area contributed by atoms with Crippen LogP contribution in [0.1, 0.15) is 30.6 Å². The Morgan fingerprint density at radius 1 is 1.33 bits per heavy atom. The van der Waals surface area contributed by atoms with Crippen molar-refractivity contribution in [3.8, 4) is 11.1 Å². The average molecular weight is 323 g/mol. The number of hydrogen-bond donors (Lipinski definition) is 1. The van der Waals surface area contributed by atoms with Crippen LogP contribution in [0, 0.1) is 0 Å². The molecule has 0 aliphatic carbocycles. The zero-order valence-corrected chi connectivity index (χ0v) is 13.4. The Kier molecular flexibility index (Phi) is 5.21. The van der Waals surface area contributed by atoms with Crippen molar-refractivity contribution in [1.82, 2.24) is 10.3 Å². The zero-order chi connectivity index (χ0) is 15.4. The van der Waals surface area contributed by atoms with Gasteiger partial charge in [0, 0.05) is 29.6 Å². The van der Waals surface area contributed by atoms with Crippen molar-refractivity contribution in [1.29, 1.82) is 0 Å². The second-order valence-corrected chi connectivity index (χ2v) is 5.63. The van der Waals surface area contributed by atoms with Gasteiger partial charge < -0.3 is 5.32 Å². The molecule has 0 fully saturated rings. The Bertz CT molecular complexity index is 658. The van der Waals surface area contributed by atoms with Crippen LogP contribution in [-0.2, 0) is 0 Å². The molecule has 0 aliphatic heterocycles. The molecule has 110 valence electrons. The van der Waals surface area contributed by atoms with Gasteiger partial charge in [0.15, 0.2) is 0 Å². The number of carbonyl (C=O) groups excluding carboxylic acids is 1. The lowest BCUT2D eigenvalue weighted by Crippen LogP contribution is -2.31. The highest BCUT2D eigenvalue weighted by Gasteiger charge is 2.12. The quantitative estimate of drug-likeness (QED) is 0.894. The SMILES string of the molecule is CC[C@H](C)NC(=O)c1cncc(-c2cccc(Cl)c2Cl)c1. The van der Waals surface area contributed by atoms with Crippen molar-refractivity contribution in [2.45, 2.75) is 26.3 Å². The molecule has 0 spiro atoms. The fraction of sp³-hybridized carbons (Fsp3) is 0.250. The summed E-state index contributed by atoms with van der Waals surface area (Å²) >= 11 is 12.2. The van der Waals surface area contributed by atoms with Crippen LogP contribution >= 0.6 is 23.2 Å². The van der Waals surface area contributed by atoms with E-state index in [4.69, 9.17) is 23.2 Å². The molecule has 3 nitrogen and oxygen atoms in total. The van der Waals surface area contributed by atoms with E-state index in [1.807, 2.05) is 26.0 Å². The van der Waals surface area contributed by atoms with E-state index in [0.717, 1.165) is 17.5 Å². The molecule has 0 unspecified atom stereocenters. The highest BCUT2D eigenvalue weighted by Crippen LogP contribution is 2.33. The first-order valence-corrected chi connectivity index (χ1v) is 7.48. The van der Waals surface area contributed by atoms with Gasteiger partial charge in [0.25, 0.3) is 5.91 Å². The van der Waals surface area contributed by atoms with Crippen LogP contribution in [-0.4, -0.2) is 16.9 Å². The number of rotatable bonds is 4. The Morgan fingerprint density at radius 3 is 2.81 bits per heavy atom. The van der Waals surface area contributed by atoms with Crippen molar-refractivity contribution in [2.24, 2.45) is 0 Å². The van der Waals surface area contributed by atoms with Crippen molar-refractivity contribution in [2.75, 3.05) is 0 Å². The molecule has 1 amide bonds. The average Bonchev–Trinajstić information content (AvgIpc) is 2.50. The Balaban J connectivity index is 2.34. The van der Waals surface area contributed by atoms with Crippen molar-refractivity contribution < 1.29 is 4.79 Å². The van der Waals surface area contributed by atoms with E-state index in [1.165, 1.54) is 0 Å². The summed E-state index contributed by atoms with van der Waals surface area (Å²) in [6.07, 6.45) is 4.08. The molecule has 1 aromatic heterocycles. The highest BCUT2D eigenvalue weighted by atomic mass is 35.5. The van der Waals surface area contributed by atoms with E-state index < -0.39 is 0 Å². The second kappa shape index (κ2) is 6.92. The maximum absolute atomic E-state index is 12.1. The summed E-state index contributed by atoms with van der Waals surface area (Å²) in [4.78, 5) is 16.3. The number of halogens is 2. The van der Waals surface area contributed by atoms with Crippen LogP contribution < -0.4 is 5.32 Å². The second-order valence-electron chi connectivity index (χ2n) is 4.85. The predicted molar refractivity (Wildman–Crippen MR) is 86.9 cm³/mol. The third kappa shape index (κ3) is 3.74. The largest absolute Gasteiger partial charge is 0.350 e. The summed E-state index contributed by atoms with van der Waals surface area (Å²) in [7, 11) is 0. The maximum atomic E-state index is 12.1. The summed E-state index contributed by atoms with van der Waals surface area (Å²) in [5.74, 6) is -0.142. The van der Waals surface area contributed by atoms with Crippen LogP contribution in [0.25, 0.3) is 11.1 Å². The lowest BCUT2D eigenvalue weighted by Gasteiger charge is -2.12. The minimum atomic E-state index is -0.142. The number of hydrogen-bond acceptors (Lipinski definition) is 2. The molecule has 1 heterocycles. The highest BCUT2D eigenvalue weighted by molar-refractivity contribution is 6.43. The van der Waals surface area contributed by atoms with Crippen molar-refractivity contribution in [3.63, 3.8) is 0 Å². The number of aromatic nitrogens is 1. The van der Waals surface area contributed by atoms with Gasteiger partial charge in [0.1, 0.15) is 0 Å². The van der Waals surface area contributed by atoms with Gasteiger partial charge in [-0.05, 0) is 25.5 Å². The fourth-order valence-electron chi connectivity index (χ4n) is 1.85. The summed E-state index contributed by atoms with van der Waals surface area (Å²) in [6, 6.07) is 7.27. The van der Waals surface area contributed by atoms with Gasteiger partial charge in [-0.3, -0.25) is 9.78 Å². The topological polar surface area (TPSA) is 42.0 Å². The smallest absolute Gasteiger partial charge is 0.253 e. The summed E-state index contributed by atoms with van der Waals surface area (Å²) < 4.78 is 0. The number of nitrogens with zero attached hydrogens (tertiary/aromatic N) is 1. The van der Waals surface area contributed by atoms with E-state index in [-0.39, 0.29) is 11.9 Å². The van der Waals surface area contributed by atoms with E-state index in [2.05, 4.69) is 10.3 Å².